The summed E-state index contributed by atoms with van der Waals surface area (Å²) in [6.45, 7) is 3.74. The number of hydrazone groups is 1. The van der Waals surface area contributed by atoms with Gasteiger partial charge in [0.2, 0.25) is 19.4 Å². The lowest BCUT2D eigenvalue weighted by Gasteiger charge is -2.20. The number of rotatable bonds is 2. The second-order valence-corrected chi connectivity index (χ2v) is 10.9. The molecule has 12 heteroatoms. The highest BCUT2D eigenvalue weighted by atomic mass is 35.5. The van der Waals surface area contributed by atoms with Crippen molar-refractivity contribution in [2.75, 3.05) is 6.26 Å². The smallest absolute Gasteiger partial charge is 0.283 e. The van der Waals surface area contributed by atoms with Gasteiger partial charge in [0.05, 0.1) is 16.3 Å². The third-order valence-electron chi connectivity index (χ3n) is 4.67. The van der Waals surface area contributed by atoms with Crippen molar-refractivity contribution in [3.8, 4) is 5.69 Å². The van der Waals surface area contributed by atoms with Gasteiger partial charge >= 0.3 is 0 Å². The molecule has 2 aromatic rings. The molecule has 0 atom stereocenters. The number of carbonyl (C=O) groups is 1. The first-order valence-corrected chi connectivity index (χ1v) is 12.3. The Balaban J connectivity index is 1.78. The molecule has 31 heavy (non-hydrogen) atoms. The van der Waals surface area contributed by atoms with E-state index in [0.717, 1.165) is 34.4 Å². The van der Waals surface area contributed by atoms with Gasteiger partial charge in [0.15, 0.2) is 5.84 Å². The number of amidine groups is 2. The van der Waals surface area contributed by atoms with E-state index >= 15 is 0 Å². The molecule has 0 saturated carbocycles. The fraction of sp³-hybridized carbons (Fsp3) is 0.158. The van der Waals surface area contributed by atoms with Gasteiger partial charge in [-0.25, -0.2) is 8.42 Å². The monoisotopic (exact) mass is 495 g/mol. The highest BCUT2D eigenvalue weighted by Crippen LogP contribution is 2.32. The quantitative estimate of drug-likeness (QED) is 0.632. The maximum atomic E-state index is 12.6. The lowest BCUT2D eigenvalue weighted by molar-refractivity contribution is -0.114. The van der Waals surface area contributed by atoms with Crippen molar-refractivity contribution in [3.05, 3.63) is 56.8 Å². The molecule has 2 aliphatic heterocycles. The van der Waals surface area contributed by atoms with Gasteiger partial charge in [-0.15, -0.1) is 5.10 Å². The topological polar surface area (TPSA) is 108 Å². The van der Waals surface area contributed by atoms with Crippen LogP contribution in [0.1, 0.15) is 17.0 Å². The van der Waals surface area contributed by atoms with Gasteiger partial charge in [0.1, 0.15) is 0 Å². The molecule has 8 nitrogen and oxygen atoms in total. The molecule has 4 rings (SSSR count). The average Bonchev–Trinajstić information content (AvgIpc) is 3.22. The van der Waals surface area contributed by atoms with E-state index in [4.69, 9.17) is 28.6 Å². The molecule has 1 amide bonds. The number of halogens is 2. The zero-order valence-electron chi connectivity index (χ0n) is 16.5. The second-order valence-electron chi connectivity index (χ2n) is 6.92. The summed E-state index contributed by atoms with van der Waals surface area (Å²) < 4.78 is 25.3. The van der Waals surface area contributed by atoms with E-state index < -0.39 is 15.7 Å². The molecule has 0 unspecified atom stereocenters. The van der Waals surface area contributed by atoms with E-state index in [-0.39, 0.29) is 21.0 Å². The van der Waals surface area contributed by atoms with Crippen molar-refractivity contribution >= 4 is 72.2 Å². The number of amides is 1. The van der Waals surface area contributed by atoms with Crippen molar-refractivity contribution < 1.29 is 13.2 Å². The van der Waals surface area contributed by atoms with E-state index in [1.54, 1.807) is 24.3 Å². The lowest BCUT2D eigenvalue weighted by atomic mass is 10.1. The number of thioether (sulfide) groups is 1. The number of benzene rings is 1. The Bertz CT molecular complexity index is 1370. The number of aliphatic imine (C=N–C) groups is 1. The van der Waals surface area contributed by atoms with Crippen molar-refractivity contribution in [2.45, 2.75) is 13.8 Å². The minimum atomic E-state index is -3.59. The van der Waals surface area contributed by atoms with E-state index in [1.807, 2.05) is 24.5 Å². The predicted molar refractivity (Wildman–Crippen MR) is 125 cm³/mol. The Morgan fingerprint density at radius 1 is 1.19 bits per heavy atom. The summed E-state index contributed by atoms with van der Waals surface area (Å²) in [6.07, 6.45) is 2.55. The summed E-state index contributed by atoms with van der Waals surface area (Å²) in [4.78, 5) is 16.5. The van der Waals surface area contributed by atoms with E-state index in [9.17, 15) is 13.2 Å². The molecule has 0 saturated heterocycles. The van der Waals surface area contributed by atoms with Crippen LogP contribution in [0, 0.1) is 19.3 Å². The standard InChI is InChI=1S/C19H15Cl2N5O3S2/c1-9-6-11(10(2)25(9)15-8-12(20)4-5-14(15)21)7-13-16(22)26-18(23-17(13)27)30-19(24-26)31(3,28)29/h4-8,22H,1-3H3/b13-7+,22-16?. The first-order valence-electron chi connectivity index (χ1n) is 8.82. The third kappa shape index (κ3) is 3.84. The maximum absolute atomic E-state index is 12.6. The van der Waals surface area contributed by atoms with Crippen LogP contribution in [-0.2, 0) is 14.6 Å². The summed E-state index contributed by atoms with van der Waals surface area (Å²) in [5.74, 6) is -0.883. The first kappa shape index (κ1) is 21.8. The van der Waals surface area contributed by atoms with Crippen molar-refractivity contribution in [2.24, 2.45) is 10.1 Å². The maximum Gasteiger partial charge on any atom is 0.283 e. The van der Waals surface area contributed by atoms with Crippen LogP contribution in [-0.4, -0.2) is 45.5 Å². The van der Waals surface area contributed by atoms with Gasteiger partial charge in [0, 0.05) is 22.7 Å². The molecule has 3 heterocycles. The highest BCUT2D eigenvalue weighted by Gasteiger charge is 2.38. The fourth-order valence-electron chi connectivity index (χ4n) is 3.24. The Morgan fingerprint density at radius 3 is 2.58 bits per heavy atom. The number of nitrogens with zero attached hydrogens (tertiary/aromatic N) is 4. The molecular weight excluding hydrogens is 481 g/mol. The molecule has 1 aromatic heterocycles. The van der Waals surface area contributed by atoms with Crippen LogP contribution >= 0.6 is 35.0 Å². The summed E-state index contributed by atoms with van der Waals surface area (Å²) in [5, 5.41) is 14.5. The zero-order valence-corrected chi connectivity index (χ0v) is 19.6. The molecule has 2 aliphatic rings. The SMILES string of the molecule is Cc1cc(/C=C2\C(=N)N3N=C(S(C)(=O)=O)SC3=NC2=O)c(C)n1-c1cc(Cl)ccc1Cl. The van der Waals surface area contributed by atoms with Gasteiger partial charge < -0.3 is 4.57 Å². The molecule has 0 bridgehead atoms. The molecule has 1 aromatic carbocycles. The molecule has 1 N–H and O–H groups in total. The van der Waals surface area contributed by atoms with Gasteiger partial charge in [-0.2, -0.15) is 10.0 Å². The minimum absolute atomic E-state index is 0.000270. The van der Waals surface area contributed by atoms with Crippen LogP contribution in [0.25, 0.3) is 11.8 Å². The van der Waals surface area contributed by atoms with Crippen LogP contribution < -0.4 is 0 Å². The van der Waals surface area contributed by atoms with Gasteiger partial charge in [0.25, 0.3) is 5.91 Å². The summed E-state index contributed by atoms with van der Waals surface area (Å²) in [6, 6.07) is 6.99. The molecule has 0 aliphatic carbocycles. The lowest BCUT2D eigenvalue weighted by Crippen LogP contribution is -2.35. The number of aromatic nitrogens is 1. The highest BCUT2D eigenvalue weighted by molar-refractivity contribution is 8.42. The summed E-state index contributed by atoms with van der Waals surface area (Å²) in [7, 11) is -3.59. The number of hydrogen-bond donors (Lipinski definition) is 1. The van der Waals surface area contributed by atoms with Crippen molar-refractivity contribution in [1.29, 1.82) is 5.41 Å². The average molecular weight is 496 g/mol. The summed E-state index contributed by atoms with van der Waals surface area (Å²) >= 11 is 13.2. The van der Waals surface area contributed by atoms with Crippen molar-refractivity contribution in [1.82, 2.24) is 9.58 Å². The van der Waals surface area contributed by atoms with E-state index in [1.165, 1.54) is 0 Å². The number of nitrogens with one attached hydrogen (secondary N) is 1. The molecule has 0 spiro atoms. The Kier molecular flexibility index (Phi) is 5.37. The number of fused-ring (bicyclic) bond motifs is 1. The van der Waals surface area contributed by atoms with Crippen LogP contribution in [0.15, 0.2) is 39.9 Å². The Labute approximate surface area is 192 Å². The van der Waals surface area contributed by atoms with Crippen LogP contribution in [0.3, 0.4) is 0 Å². The largest absolute Gasteiger partial charge is 0.316 e. The van der Waals surface area contributed by atoms with Crippen molar-refractivity contribution in [3.63, 3.8) is 0 Å². The number of carbonyl (C=O) groups excluding carboxylic acids is 1. The van der Waals surface area contributed by atoms with Gasteiger partial charge in [-0.1, -0.05) is 23.2 Å². The van der Waals surface area contributed by atoms with Crippen LogP contribution in [0.5, 0.6) is 0 Å². The molecule has 160 valence electrons. The number of hydrogen-bond acceptors (Lipinski definition) is 6. The zero-order chi connectivity index (χ0) is 22.7. The Hall–Kier alpha value is -2.40. The predicted octanol–water partition coefficient (Wildman–Crippen LogP) is 4.02. The van der Waals surface area contributed by atoms with E-state index in [0.29, 0.717) is 21.3 Å². The summed E-state index contributed by atoms with van der Waals surface area (Å²) in [5.41, 5.74) is 3.00. The van der Waals surface area contributed by atoms with Crippen LogP contribution in [0.2, 0.25) is 10.0 Å². The van der Waals surface area contributed by atoms with E-state index in [2.05, 4.69) is 10.1 Å². The molecule has 0 radical (unpaired) electrons. The van der Waals surface area contributed by atoms with Gasteiger partial charge in [-0.05, 0) is 61.5 Å². The normalized spacial score (nSPS) is 17.8. The second kappa shape index (κ2) is 7.63. The van der Waals surface area contributed by atoms with Gasteiger partial charge in [-0.3, -0.25) is 10.2 Å². The first-order chi connectivity index (χ1) is 14.5. The third-order valence-corrected chi connectivity index (χ3v) is 7.80. The number of sulfone groups is 1. The minimum Gasteiger partial charge on any atom is -0.316 e. The van der Waals surface area contributed by atoms with Crippen LogP contribution in [0.4, 0.5) is 0 Å². The fourth-order valence-corrected chi connectivity index (χ4v) is 5.29. The molecular formula is C19H15Cl2N5O3S2. The Morgan fingerprint density at radius 2 is 1.90 bits per heavy atom. The molecule has 0 fully saturated rings. The number of aryl methyl sites for hydroxylation is 1.